The van der Waals surface area contributed by atoms with Crippen molar-refractivity contribution in [1.29, 1.82) is 0 Å². The largest absolute Gasteiger partial charge is 0.351 e. The number of nitrogens with one attached hydrogen (secondary N) is 1. The second kappa shape index (κ2) is 8.72. The van der Waals surface area contributed by atoms with Crippen molar-refractivity contribution in [1.82, 2.24) is 10.2 Å². The zero-order valence-corrected chi connectivity index (χ0v) is 16.8. The molecule has 1 saturated heterocycles. The van der Waals surface area contributed by atoms with Crippen LogP contribution in [0.5, 0.6) is 0 Å². The molecule has 0 aliphatic carbocycles. The summed E-state index contributed by atoms with van der Waals surface area (Å²) in [5, 5.41) is 2.75. The molecule has 1 heterocycles. The van der Waals surface area contributed by atoms with Gasteiger partial charge in [0.15, 0.2) is 0 Å². The lowest BCUT2D eigenvalue weighted by atomic mass is 9.79. The highest BCUT2D eigenvalue weighted by molar-refractivity contribution is 5.83. The van der Waals surface area contributed by atoms with Crippen LogP contribution in [0.25, 0.3) is 0 Å². The highest BCUT2D eigenvalue weighted by atomic mass is 19.1. The molecule has 6 heteroatoms. The first-order valence-electron chi connectivity index (χ1n) is 9.82. The quantitative estimate of drug-likeness (QED) is 0.831. The molecule has 0 bridgehead atoms. The fraction of sp³-hybridized carbons (Fsp3) is 0.391. The Balaban J connectivity index is 1.51. The third kappa shape index (κ3) is 5.19. The van der Waals surface area contributed by atoms with Crippen LogP contribution in [0.1, 0.15) is 36.5 Å². The molecule has 0 aromatic heterocycles. The second-order valence-corrected chi connectivity index (χ2v) is 8.02. The Morgan fingerprint density at radius 3 is 2.34 bits per heavy atom. The van der Waals surface area contributed by atoms with Crippen LogP contribution in [0.2, 0.25) is 0 Å². The summed E-state index contributed by atoms with van der Waals surface area (Å²) in [6.45, 7) is 4.91. The van der Waals surface area contributed by atoms with Gasteiger partial charge in [-0.05, 0) is 31.4 Å². The molecular weight excluding hydrogens is 374 g/mol. The molecule has 2 aromatic carbocycles. The van der Waals surface area contributed by atoms with E-state index in [1.54, 1.807) is 4.90 Å². The summed E-state index contributed by atoms with van der Waals surface area (Å²) in [6, 6.07) is 11.2. The average molecular weight is 400 g/mol. The highest BCUT2D eigenvalue weighted by Crippen LogP contribution is 2.31. The molecule has 1 aliphatic heterocycles. The Morgan fingerprint density at radius 1 is 1.07 bits per heavy atom. The number of carbonyl (C=O) groups is 2. The Bertz CT molecular complexity index is 888. The van der Waals surface area contributed by atoms with E-state index in [4.69, 9.17) is 0 Å². The smallest absolute Gasteiger partial charge is 0.226 e. The molecule has 0 spiro atoms. The van der Waals surface area contributed by atoms with Gasteiger partial charge < -0.3 is 10.2 Å². The van der Waals surface area contributed by atoms with Gasteiger partial charge in [0, 0.05) is 36.7 Å². The maximum absolute atomic E-state index is 13.7. The number of halogens is 2. The van der Waals surface area contributed by atoms with Gasteiger partial charge in [-0.1, -0.05) is 42.8 Å². The lowest BCUT2D eigenvalue weighted by Gasteiger charge is -2.38. The van der Waals surface area contributed by atoms with E-state index in [-0.39, 0.29) is 23.9 Å². The Hall–Kier alpha value is -2.76. The van der Waals surface area contributed by atoms with E-state index in [1.165, 1.54) is 12.1 Å². The van der Waals surface area contributed by atoms with E-state index in [0.717, 1.165) is 17.2 Å². The number of rotatable bonds is 5. The monoisotopic (exact) mass is 400 g/mol. The Labute approximate surface area is 169 Å². The van der Waals surface area contributed by atoms with Gasteiger partial charge >= 0.3 is 0 Å². The molecule has 4 nitrogen and oxygen atoms in total. The standard InChI is InChI=1S/C23H26F2N2O2/c1-16-3-5-17(6-4-16)13-21(28)27-11-9-23(2,10-12-27)22(29)26-15-18-7-8-19(24)14-20(18)25/h3-8,14H,9-13,15H2,1-2H3,(H,26,29). The lowest BCUT2D eigenvalue weighted by molar-refractivity contribution is -0.139. The minimum atomic E-state index is -0.674. The second-order valence-electron chi connectivity index (χ2n) is 8.02. The molecule has 0 unspecified atom stereocenters. The molecule has 0 saturated carbocycles. The number of carbonyl (C=O) groups excluding carboxylic acids is 2. The van der Waals surface area contributed by atoms with Crippen molar-refractivity contribution in [3.8, 4) is 0 Å². The van der Waals surface area contributed by atoms with Crippen LogP contribution in [0.4, 0.5) is 8.78 Å². The van der Waals surface area contributed by atoms with Crippen molar-refractivity contribution in [2.75, 3.05) is 13.1 Å². The van der Waals surface area contributed by atoms with E-state index in [1.807, 2.05) is 38.1 Å². The third-order valence-electron chi connectivity index (χ3n) is 5.70. The number of amides is 2. The van der Waals surface area contributed by atoms with Crippen molar-refractivity contribution in [3.05, 3.63) is 70.8 Å². The van der Waals surface area contributed by atoms with E-state index < -0.39 is 17.0 Å². The van der Waals surface area contributed by atoms with E-state index >= 15 is 0 Å². The summed E-state index contributed by atoms with van der Waals surface area (Å²) in [5.74, 6) is -1.43. The Morgan fingerprint density at radius 2 is 1.72 bits per heavy atom. The number of benzene rings is 2. The zero-order valence-electron chi connectivity index (χ0n) is 16.8. The normalized spacial score (nSPS) is 15.8. The van der Waals surface area contributed by atoms with Gasteiger partial charge in [-0.25, -0.2) is 8.78 Å². The van der Waals surface area contributed by atoms with Gasteiger partial charge in [0.2, 0.25) is 11.8 Å². The predicted octanol–water partition coefficient (Wildman–Crippen LogP) is 3.76. The summed E-state index contributed by atoms with van der Waals surface area (Å²) >= 11 is 0. The van der Waals surface area contributed by atoms with Crippen LogP contribution < -0.4 is 5.32 Å². The van der Waals surface area contributed by atoms with E-state index in [2.05, 4.69) is 5.32 Å². The summed E-state index contributed by atoms with van der Waals surface area (Å²) in [7, 11) is 0. The van der Waals surface area contributed by atoms with Crippen molar-refractivity contribution in [2.24, 2.45) is 5.41 Å². The van der Waals surface area contributed by atoms with Crippen molar-refractivity contribution in [3.63, 3.8) is 0 Å². The first-order chi connectivity index (χ1) is 13.8. The van der Waals surface area contributed by atoms with Gasteiger partial charge in [-0.15, -0.1) is 0 Å². The van der Waals surface area contributed by atoms with Gasteiger partial charge in [0.25, 0.3) is 0 Å². The molecule has 3 rings (SSSR count). The molecule has 29 heavy (non-hydrogen) atoms. The third-order valence-corrected chi connectivity index (χ3v) is 5.70. The zero-order chi connectivity index (χ0) is 21.0. The van der Waals surface area contributed by atoms with Crippen LogP contribution >= 0.6 is 0 Å². The van der Waals surface area contributed by atoms with E-state index in [9.17, 15) is 18.4 Å². The van der Waals surface area contributed by atoms with Gasteiger partial charge in [0.1, 0.15) is 11.6 Å². The molecule has 1 aliphatic rings. The molecule has 1 fully saturated rings. The SMILES string of the molecule is Cc1ccc(CC(=O)N2CCC(C)(C(=O)NCc3ccc(F)cc3F)CC2)cc1. The summed E-state index contributed by atoms with van der Waals surface area (Å²) < 4.78 is 26.7. The summed E-state index contributed by atoms with van der Waals surface area (Å²) in [4.78, 5) is 27.0. The molecule has 2 amide bonds. The first-order valence-corrected chi connectivity index (χ1v) is 9.82. The predicted molar refractivity (Wildman–Crippen MR) is 107 cm³/mol. The first kappa shape index (κ1) is 21.0. The topological polar surface area (TPSA) is 49.4 Å². The van der Waals surface area contributed by atoms with Crippen molar-refractivity contribution < 1.29 is 18.4 Å². The highest BCUT2D eigenvalue weighted by Gasteiger charge is 2.37. The average Bonchev–Trinajstić information content (AvgIpc) is 2.69. The van der Waals surface area contributed by atoms with Gasteiger partial charge in [-0.2, -0.15) is 0 Å². The van der Waals surface area contributed by atoms with Crippen LogP contribution in [0.3, 0.4) is 0 Å². The minimum absolute atomic E-state index is 0.0105. The van der Waals surface area contributed by atoms with Crippen LogP contribution in [0, 0.1) is 24.0 Å². The fourth-order valence-corrected chi connectivity index (χ4v) is 3.52. The van der Waals surface area contributed by atoms with Gasteiger partial charge in [0.05, 0.1) is 6.42 Å². The van der Waals surface area contributed by atoms with Crippen molar-refractivity contribution >= 4 is 11.8 Å². The summed E-state index contributed by atoms with van der Waals surface area (Å²) in [5.41, 5.74) is 1.76. The Kier molecular flexibility index (Phi) is 6.30. The molecule has 1 N–H and O–H groups in total. The molecule has 2 aromatic rings. The maximum Gasteiger partial charge on any atom is 0.226 e. The fourth-order valence-electron chi connectivity index (χ4n) is 3.52. The minimum Gasteiger partial charge on any atom is -0.351 e. The van der Waals surface area contributed by atoms with Crippen LogP contribution in [-0.4, -0.2) is 29.8 Å². The molecule has 0 radical (unpaired) electrons. The van der Waals surface area contributed by atoms with Crippen molar-refractivity contribution in [2.45, 2.75) is 39.7 Å². The molecule has 0 atom stereocenters. The van der Waals surface area contributed by atoms with Gasteiger partial charge in [-0.3, -0.25) is 9.59 Å². The lowest BCUT2D eigenvalue weighted by Crippen LogP contribution is -2.49. The van der Waals surface area contributed by atoms with E-state index in [0.29, 0.717) is 32.4 Å². The number of piperidine rings is 1. The summed E-state index contributed by atoms with van der Waals surface area (Å²) in [6.07, 6.45) is 1.45. The molecular formula is C23H26F2N2O2. The number of nitrogens with zero attached hydrogens (tertiary/aromatic N) is 1. The maximum atomic E-state index is 13.7. The number of aryl methyl sites for hydroxylation is 1. The van der Waals surface area contributed by atoms with Crippen LogP contribution in [0.15, 0.2) is 42.5 Å². The number of hydrogen-bond acceptors (Lipinski definition) is 2. The number of hydrogen-bond donors (Lipinski definition) is 1. The van der Waals surface area contributed by atoms with Crippen LogP contribution in [-0.2, 0) is 22.6 Å². The molecule has 154 valence electrons. The number of likely N-dealkylation sites (tertiary alicyclic amines) is 1.